The minimum atomic E-state index is -0.267. The van der Waals surface area contributed by atoms with Crippen molar-refractivity contribution in [3.05, 3.63) is 77.6 Å². The molecule has 7 heteroatoms. The van der Waals surface area contributed by atoms with E-state index in [4.69, 9.17) is 4.74 Å². The van der Waals surface area contributed by atoms with E-state index in [0.29, 0.717) is 11.7 Å². The van der Waals surface area contributed by atoms with Crippen molar-refractivity contribution in [2.45, 2.75) is 45.5 Å². The van der Waals surface area contributed by atoms with Crippen LogP contribution in [0.15, 0.2) is 65.8 Å². The van der Waals surface area contributed by atoms with Crippen molar-refractivity contribution in [2.75, 3.05) is 11.1 Å². The van der Waals surface area contributed by atoms with E-state index in [1.807, 2.05) is 73.0 Å². The maximum absolute atomic E-state index is 12.7. The molecule has 0 aliphatic rings. The molecule has 1 atom stereocenters. The number of ether oxygens (including phenoxy) is 1. The van der Waals surface area contributed by atoms with Crippen LogP contribution in [0.3, 0.4) is 0 Å². The van der Waals surface area contributed by atoms with Gasteiger partial charge in [0.15, 0.2) is 17.1 Å². The van der Waals surface area contributed by atoms with Crippen molar-refractivity contribution in [2.24, 2.45) is 0 Å². The predicted molar refractivity (Wildman–Crippen MR) is 134 cm³/mol. The smallest absolute Gasteiger partial charge is 0.234 e. The maximum Gasteiger partial charge on any atom is 0.234 e. The highest BCUT2D eigenvalue weighted by atomic mass is 32.2. The van der Waals surface area contributed by atoms with Gasteiger partial charge in [0.05, 0.1) is 5.75 Å². The van der Waals surface area contributed by atoms with Crippen LogP contribution < -0.4 is 10.1 Å². The SMILES string of the molecule is CCn1c(SCC(=O)Nc2cccc3ccccc23)nnc1C(C)Oc1cccc(C)c1C. The third kappa shape index (κ3) is 5.03. The van der Waals surface area contributed by atoms with Gasteiger partial charge in [0.2, 0.25) is 5.91 Å². The van der Waals surface area contributed by atoms with Crippen LogP contribution in [0.5, 0.6) is 5.75 Å². The molecular weight excluding hydrogens is 432 g/mol. The Morgan fingerprint density at radius 1 is 1.06 bits per heavy atom. The Morgan fingerprint density at radius 3 is 2.64 bits per heavy atom. The van der Waals surface area contributed by atoms with Crippen molar-refractivity contribution < 1.29 is 9.53 Å². The first-order chi connectivity index (χ1) is 16.0. The van der Waals surface area contributed by atoms with Gasteiger partial charge >= 0.3 is 0 Å². The fourth-order valence-corrected chi connectivity index (χ4v) is 4.56. The number of thioether (sulfide) groups is 1. The molecule has 3 aromatic carbocycles. The summed E-state index contributed by atoms with van der Waals surface area (Å²) in [5.41, 5.74) is 3.11. The summed E-state index contributed by atoms with van der Waals surface area (Å²) in [4.78, 5) is 12.7. The molecule has 0 saturated carbocycles. The van der Waals surface area contributed by atoms with Gasteiger partial charge in [0, 0.05) is 17.6 Å². The third-order valence-electron chi connectivity index (χ3n) is 5.68. The van der Waals surface area contributed by atoms with Crippen LogP contribution in [-0.4, -0.2) is 26.4 Å². The summed E-state index contributed by atoms with van der Waals surface area (Å²) in [6, 6.07) is 19.9. The second kappa shape index (κ2) is 10.1. The zero-order chi connectivity index (χ0) is 23.4. The summed E-state index contributed by atoms with van der Waals surface area (Å²) in [7, 11) is 0. The molecule has 33 heavy (non-hydrogen) atoms. The highest BCUT2D eigenvalue weighted by Gasteiger charge is 2.20. The van der Waals surface area contributed by atoms with Crippen LogP contribution in [0, 0.1) is 13.8 Å². The monoisotopic (exact) mass is 460 g/mol. The van der Waals surface area contributed by atoms with Gasteiger partial charge in [0.1, 0.15) is 5.75 Å². The lowest BCUT2D eigenvalue weighted by Gasteiger charge is -2.17. The summed E-state index contributed by atoms with van der Waals surface area (Å²) >= 11 is 1.38. The summed E-state index contributed by atoms with van der Waals surface area (Å²) in [6.45, 7) is 8.82. The number of rotatable bonds is 8. The first-order valence-electron chi connectivity index (χ1n) is 11.0. The average Bonchev–Trinajstić information content (AvgIpc) is 3.24. The van der Waals surface area contributed by atoms with Gasteiger partial charge in [-0.1, -0.05) is 60.3 Å². The molecule has 0 spiro atoms. The number of aryl methyl sites for hydroxylation is 1. The second-order valence-corrected chi connectivity index (χ2v) is 8.85. The molecule has 1 amide bonds. The minimum absolute atomic E-state index is 0.0803. The van der Waals surface area contributed by atoms with E-state index in [9.17, 15) is 4.79 Å². The van der Waals surface area contributed by atoms with Crippen LogP contribution in [0.4, 0.5) is 5.69 Å². The minimum Gasteiger partial charge on any atom is -0.482 e. The van der Waals surface area contributed by atoms with E-state index in [0.717, 1.165) is 33.6 Å². The maximum atomic E-state index is 12.7. The fraction of sp³-hybridized carbons (Fsp3) is 0.269. The number of nitrogens with one attached hydrogen (secondary N) is 1. The Labute approximate surface area is 198 Å². The Morgan fingerprint density at radius 2 is 1.82 bits per heavy atom. The molecule has 0 fully saturated rings. The summed E-state index contributed by atoms with van der Waals surface area (Å²) in [6.07, 6.45) is -0.267. The third-order valence-corrected chi connectivity index (χ3v) is 6.65. The predicted octanol–water partition coefficient (Wildman–Crippen LogP) is 5.94. The van der Waals surface area contributed by atoms with Crippen LogP contribution in [0.2, 0.25) is 0 Å². The largest absolute Gasteiger partial charge is 0.482 e. The first-order valence-corrected chi connectivity index (χ1v) is 12.0. The molecule has 0 aliphatic carbocycles. The molecule has 0 aliphatic heterocycles. The van der Waals surface area contributed by atoms with Crippen molar-refractivity contribution in [3.8, 4) is 5.75 Å². The Hall–Kier alpha value is -3.32. The Kier molecular flexibility index (Phi) is 6.99. The van der Waals surface area contributed by atoms with Gasteiger partial charge in [0.25, 0.3) is 0 Å². The molecular formula is C26H28N4O2S. The molecule has 0 saturated heterocycles. The number of benzene rings is 3. The fourth-order valence-electron chi connectivity index (χ4n) is 3.75. The number of carbonyl (C=O) groups is 1. The van der Waals surface area contributed by atoms with Crippen LogP contribution in [-0.2, 0) is 11.3 Å². The van der Waals surface area contributed by atoms with Gasteiger partial charge < -0.3 is 14.6 Å². The zero-order valence-electron chi connectivity index (χ0n) is 19.3. The van der Waals surface area contributed by atoms with Crippen molar-refractivity contribution in [3.63, 3.8) is 0 Å². The molecule has 4 rings (SSSR count). The van der Waals surface area contributed by atoms with Crippen LogP contribution >= 0.6 is 11.8 Å². The van der Waals surface area contributed by atoms with E-state index in [-0.39, 0.29) is 17.8 Å². The molecule has 0 bridgehead atoms. The van der Waals surface area contributed by atoms with Gasteiger partial charge in [-0.05, 0) is 56.3 Å². The van der Waals surface area contributed by atoms with Gasteiger partial charge in [-0.25, -0.2) is 0 Å². The molecule has 1 aromatic heterocycles. The van der Waals surface area contributed by atoms with Gasteiger partial charge in [-0.2, -0.15) is 0 Å². The highest BCUT2D eigenvalue weighted by Crippen LogP contribution is 2.28. The lowest BCUT2D eigenvalue weighted by molar-refractivity contribution is -0.113. The summed E-state index contributed by atoms with van der Waals surface area (Å²) in [5, 5.41) is 14.6. The highest BCUT2D eigenvalue weighted by molar-refractivity contribution is 7.99. The van der Waals surface area contributed by atoms with E-state index >= 15 is 0 Å². The number of amides is 1. The molecule has 6 nitrogen and oxygen atoms in total. The number of hydrogen-bond acceptors (Lipinski definition) is 5. The van der Waals surface area contributed by atoms with Crippen molar-refractivity contribution >= 4 is 34.1 Å². The molecule has 170 valence electrons. The quantitative estimate of drug-likeness (QED) is 0.330. The number of carbonyl (C=O) groups excluding carboxylic acids is 1. The molecule has 0 radical (unpaired) electrons. The summed E-state index contributed by atoms with van der Waals surface area (Å²) in [5.74, 6) is 1.75. The standard InChI is InChI=1S/C26H28N4O2S/c1-5-30-25(19(4)32-23-15-8-10-17(2)18(23)3)28-29-26(30)33-16-24(31)27-22-14-9-12-20-11-6-7-13-21(20)22/h6-15,19H,5,16H2,1-4H3,(H,27,31). The average molecular weight is 461 g/mol. The Balaban J connectivity index is 1.43. The number of nitrogens with zero attached hydrogens (tertiary/aromatic N) is 3. The number of fused-ring (bicyclic) bond motifs is 1. The topological polar surface area (TPSA) is 69.0 Å². The van der Waals surface area contributed by atoms with Crippen molar-refractivity contribution in [1.29, 1.82) is 0 Å². The van der Waals surface area contributed by atoms with E-state index in [1.165, 1.54) is 17.3 Å². The lowest BCUT2D eigenvalue weighted by Crippen LogP contribution is -2.15. The Bertz CT molecular complexity index is 1280. The van der Waals surface area contributed by atoms with Crippen LogP contribution in [0.1, 0.15) is 36.9 Å². The van der Waals surface area contributed by atoms with E-state index < -0.39 is 0 Å². The number of hydrogen-bond donors (Lipinski definition) is 1. The zero-order valence-corrected chi connectivity index (χ0v) is 20.1. The van der Waals surface area contributed by atoms with Crippen LogP contribution in [0.25, 0.3) is 10.8 Å². The van der Waals surface area contributed by atoms with E-state index in [1.54, 1.807) is 0 Å². The molecule has 1 unspecified atom stereocenters. The lowest BCUT2D eigenvalue weighted by atomic mass is 10.1. The summed E-state index contributed by atoms with van der Waals surface area (Å²) < 4.78 is 8.21. The molecule has 4 aromatic rings. The van der Waals surface area contributed by atoms with Crippen molar-refractivity contribution in [1.82, 2.24) is 14.8 Å². The van der Waals surface area contributed by atoms with E-state index in [2.05, 4.69) is 35.4 Å². The molecule has 1 N–H and O–H groups in total. The number of anilines is 1. The van der Waals surface area contributed by atoms with Gasteiger partial charge in [-0.15, -0.1) is 10.2 Å². The second-order valence-electron chi connectivity index (χ2n) is 7.91. The first kappa shape index (κ1) is 22.9. The van der Waals surface area contributed by atoms with Gasteiger partial charge in [-0.3, -0.25) is 4.79 Å². The normalized spacial score (nSPS) is 12.0. The molecule has 1 heterocycles. The number of aromatic nitrogens is 3.